The SMILES string of the molecule is COC(=O)C12CCC(NC(=O)c3c(C)c(-c4cc(Br)cs4)nc4ccc(Br)cc34)(CC1)CC2. The van der Waals surface area contributed by atoms with Gasteiger partial charge in [0.2, 0.25) is 0 Å². The second kappa shape index (κ2) is 8.47. The van der Waals surface area contributed by atoms with Gasteiger partial charge in [0.05, 0.1) is 34.2 Å². The molecule has 3 aliphatic carbocycles. The van der Waals surface area contributed by atoms with Crippen LogP contribution in [0, 0.1) is 12.3 Å². The van der Waals surface area contributed by atoms with E-state index < -0.39 is 0 Å². The first kappa shape index (κ1) is 23.0. The molecule has 0 radical (unpaired) electrons. The lowest BCUT2D eigenvalue weighted by molar-refractivity contribution is -0.160. The van der Waals surface area contributed by atoms with Gasteiger partial charge in [0.1, 0.15) is 0 Å². The van der Waals surface area contributed by atoms with Crippen molar-refractivity contribution >= 4 is 66.0 Å². The zero-order chi connectivity index (χ0) is 23.4. The molecule has 3 aliphatic rings. The number of rotatable bonds is 4. The van der Waals surface area contributed by atoms with Gasteiger partial charge in [-0.15, -0.1) is 11.3 Å². The highest BCUT2D eigenvalue weighted by Crippen LogP contribution is 2.53. The fourth-order valence-electron chi connectivity index (χ4n) is 5.50. The van der Waals surface area contributed by atoms with E-state index in [9.17, 15) is 9.59 Å². The van der Waals surface area contributed by atoms with Crippen LogP contribution in [0.25, 0.3) is 21.5 Å². The molecule has 0 unspecified atom stereocenters. The molecule has 3 saturated carbocycles. The van der Waals surface area contributed by atoms with E-state index in [1.807, 2.05) is 36.6 Å². The summed E-state index contributed by atoms with van der Waals surface area (Å²) in [5.74, 6) is -0.169. The van der Waals surface area contributed by atoms with Crippen molar-refractivity contribution in [1.29, 1.82) is 0 Å². The highest BCUT2D eigenvalue weighted by Gasteiger charge is 2.53. The van der Waals surface area contributed by atoms with E-state index in [0.717, 1.165) is 74.5 Å². The number of benzene rings is 1. The van der Waals surface area contributed by atoms with Crippen molar-refractivity contribution in [2.75, 3.05) is 7.11 Å². The average molecular weight is 592 g/mol. The van der Waals surface area contributed by atoms with Crippen LogP contribution in [0.4, 0.5) is 0 Å². The standard InChI is InChI=1S/C25H24Br2N2O3S/c1-14-20(22(30)29-25-8-5-24(6-9-25,7-10-25)23(31)32-2)17-11-15(26)3-4-18(17)28-21(14)19-12-16(27)13-33-19/h3-4,11-13H,5-10H2,1-2H3,(H,29,30). The largest absolute Gasteiger partial charge is 0.469 e. The first-order valence-corrected chi connectivity index (χ1v) is 13.5. The third-order valence-corrected chi connectivity index (χ3v) is 9.65. The number of nitrogens with one attached hydrogen (secondary N) is 1. The Bertz CT molecular complexity index is 1260. The summed E-state index contributed by atoms with van der Waals surface area (Å²) >= 11 is 8.69. The van der Waals surface area contributed by atoms with E-state index in [1.54, 1.807) is 11.3 Å². The predicted molar refractivity (Wildman–Crippen MR) is 138 cm³/mol. The number of esters is 1. The van der Waals surface area contributed by atoms with E-state index in [0.29, 0.717) is 5.56 Å². The lowest BCUT2D eigenvalue weighted by Crippen LogP contribution is -2.58. The molecule has 5 nitrogen and oxygen atoms in total. The number of hydrogen-bond acceptors (Lipinski definition) is 5. The molecule has 6 rings (SSSR count). The van der Waals surface area contributed by atoms with Crippen molar-refractivity contribution in [2.24, 2.45) is 5.41 Å². The number of fused-ring (bicyclic) bond motifs is 4. The molecule has 3 aromatic rings. The Balaban J connectivity index is 1.53. The van der Waals surface area contributed by atoms with Crippen molar-refractivity contribution in [2.45, 2.75) is 51.0 Å². The normalized spacial score (nSPS) is 24.1. The number of halogens is 2. The molecule has 0 aliphatic heterocycles. The number of hydrogen-bond donors (Lipinski definition) is 1. The summed E-state index contributed by atoms with van der Waals surface area (Å²) in [6, 6.07) is 7.92. The summed E-state index contributed by atoms with van der Waals surface area (Å²) in [4.78, 5) is 32.1. The molecule has 3 fully saturated rings. The number of thiophene rings is 1. The van der Waals surface area contributed by atoms with E-state index in [4.69, 9.17) is 9.72 Å². The van der Waals surface area contributed by atoms with Crippen LogP contribution in [-0.2, 0) is 9.53 Å². The number of carbonyl (C=O) groups is 2. The summed E-state index contributed by atoms with van der Waals surface area (Å²) in [6.45, 7) is 1.98. The molecule has 1 amide bonds. The van der Waals surface area contributed by atoms with Crippen molar-refractivity contribution in [3.8, 4) is 10.6 Å². The van der Waals surface area contributed by atoms with E-state index in [2.05, 4.69) is 37.2 Å². The highest BCUT2D eigenvalue weighted by atomic mass is 79.9. The smallest absolute Gasteiger partial charge is 0.311 e. The van der Waals surface area contributed by atoms with Crippen molar-refractivity contribution in [3.05, 3.63) is 49.7 Å². The summed E-state index contributed by atoms with van der Waals surface area (Å²) in [5, 5.41) is 6.27. The molecule has 1 N–H and O–H groups in total. The number of pyridine rings is 1. The van der Waals surface area contributed by atoms with Crippen LogP contribution in [-0.4, -0.2) is 29.5 Å². The molecule has 2 bridgehead atoms. The minimum atomic E-state index is -0.370. The minimum absolute atomic E-state index is 0.0673. The molecule has 2 heterocycles. The van der Waals surface area contributed by atoms with Gasteiger partial charge in [-0.2, -0.15) is 0 Å². The zero-order valence-corrected chi connectivity index (χ0v) is 22.5. The number of amides is 1. The molecular weight excluding hydrogens is 568 g/mol. The number of ether oxygens (including phenoxy) is 1. The maximum atomic E-state index is 13.8. The van der Waals surface area contributed by atoms with Crippen LogP contribution < -0.4 is 5.32 Å². The molecule has 33 heavy (non-hydrogen) atoms. The lowest BCUT2D eigenvalue weighted by atomic mass is 9.57. The van der Waals surface area contributed by atoms with Crippen molar-refractivity contribution in [1.82, 2.24) is 10.3 Å². The molecule has 0 saturated heterocycles. The fourth-order valence-corrected chi connectivity index (χ4v) is 7.33. The minimum Gasteiger partial charge on any atom is -0.469 e. The first-order chi connectivity index (χ1) is 15.8. The molecule has 172 valence electrons. The second-order valence-electron chi connectivity index (χ2n) is 9.26. The number of methoxy groups -OCH3 is 1. The molecule has 0 atom stereocenters. The van der Waals surface area contributed by atoms with Crippen LogP contribution in [0.2, 0.25) is 0 Å². The van der Waals surface area contributed by atoms with Crippen LogP contribution in [0.1, 0.15) is 54.4 Å². The number of nitrogens with zero attached hydrogens (tertiary/aromatic N) is 1. The average Bonchev–Trinajstić information content (AvgIpc) is 3.25. The highest BCUT2D eigenvalue weighted by molar-refractivity contribution is 9.10. The van der Waals surface area contributed by atoms with Crippen LogP contribution in [0.5, 0.6) is 0 Å². The quantitative estimate of drug-likeness (QED) is 0.339. The Morgan fingerprint density at radius 3 is 2.36 bits per heavy atom. The Hall–Kier alpha value is -1.77. The summed E-state index contributed by atoms with van der Waals surface area (Å²) < 4.78 is 7.00. The van der Waals surface area contributed by atoms with E-state index in [1.165, 1.54) is 7.11 Å². The maximum absolute atomic E-state index is 13.8. The van der Waals surface area contributed by atoms with Gasteiger partial charge in [-0.25, -0.2) is 4.98 Å². The van der Waals surface area contributed by atoms with Gasteiger partial charge in [0.15, 0.2) is 0 Å². The zero-order valence-electron chi connectivity index (χ0n) is 18.5. The summed E-state index contributed by atoms with van der Waals surface area (Å²) in [6.07, 6.45) is 4.67. The summed E-state index contributed by atoms with van der Waals surface area (Å²) in [5.41, 5.74) is 2.53. The van der Waals surface area contributed by atoms with Gasteiger partial charge < -0.3 is 10.1 Å². The Morgan fingerprint density at radius 1 is 1.06 bits per heavy atom. The second-order valence-corrected chi connectivity index (χ2v) is 12.0. The van der Waals surface area contributed by atoms with E-state index >= 15 is 0 Å². The third kappa shape index (κ3) is 3.94. The Labute approximate surface area is 213 Å². The molecule has 1 aromatic carbocycles. The van der Waals surface area contributed by atoms with Crippen LogP contribution in [0.3, 0.4) is 0 Å². The van der Waals surface area contributed by atoms with Crippen molar-refractivity contribution in [3.63, 3.8) is 0 Å². The van der Waals surface area contributed by atoms with Crippen LogP contribution in [0.15, 0.2) is 38.6 Å². The van der Waals surface area contributed by atoms with E-state index in [-0.39, 0.29) is 22.8 Å². The topological polar surface area (TPSA) is 68.3 Å². The van der Waals surface area contributed by atoms with Gasteiger partial charge in [-0.3, -0.25) is 9.59 Å². The monoisotopic (exact) mass is 590 g/mol. The molecule has 8 heteroatoms. The third-order valence-electron chi connectivity index (χ3n) is 7.46. The van der Waals surface area contributed by atoms with Gasteiger partial charge in [0.25, 0.3) is 5.91 Å². The van der Waals surface area contributed by atoms with Gasteiger partial charge in [-0.05, 0) is 91.2 Å². The van der Waals surface area contributed by atoms with Gasteiger partial charge in [0, 0.05) is 25.3 Å². The number of aromatic nitrogens is 1. The van der Waals surface area contributed by atoms with Gasteiger partial charge >= 0.3 is 5.97 Å². The molecule has 0 spiro atoms. The van der Waals surface area contributed by atoms with Crippen LogP contribution >= 0.6 is 43.2 Å². The molecular formula is C25H24Br2N2O3S. The summed E-state index contributed by atoms with van der Waals surface area (Å²) in [7, 11) is 1.47. The maximum Gasteiger partial charge on any atom is 0.311 e. The molecule has 2 aromatic heterocycles. The van der Waals surface area contributed by atoms with Gasteiger partial charge in [-0.1, -0.05) is 15.9 Å². The Kier molecular flexibility index (Phi) is 5.90. The first-order valence-electron chi connectivity index (χ1n) is 11.0. The lowest BCUT2D eigenvalue weighted by Gasteiger charge is -2.52. The van der Waals surface area contributed by atoms with Crippen molar-refractivity contribution < 1.29 is 14.3 Å². The Morgan fingerprint density at radius 2 is 1.76 bits per heavy atom. The fraction of sp³-hybridized carbons (Fsp3) is 0.400. The number of carbonyl (C=O) groups excluding carboxylic acids is 2. The predicted octanol–water partition coefficient (Wildman–Crippen LogP) is 6.79.